The van der Waals surface area contributed by atoms with Crippen LogP contribution in [0, 0.1) is 6.92 Å². The number of carbonyl (C=O) groups excluding carboxylic acids is 1. The third-order valence-electron chi connectivity index (χ3n) is 1.50. The number of esters is 1. The van der Waals surface area contributed by atoms with Crippen molar-refractivity contribution in [2.45, 2.75) is 20.0 Å². The van der Waals surface area contributed by atoms with Crippen molar-refractivity contribution in [1.82, 2.24) is 4.98 Å². The summed E-state index contributed by atoms with van der Waals surface area (Å²) in [5, 5.41) is -1.02. The molecule has 0 saturated heterocycles. The molecule has 1 heterocycles. The predicted molar refractivity (Wildman–Crippen MR) is 47.8 cm³/mol. The average Bonchev–Trinajstić information content (AvgIpc) is 2.47. The first-order valence-electron chi connectivity index (χ1n) is 4.08. The van der Waals surface area contributed by atoms with Crippen LogP contribution < -0.4 is 0 Å². The van der Waals surface area contributed by atoms with Crippen LogP contribution >= 0.6 is 11.3 Å². The maximum Gasteiger partial charge on any atom is 0.443 e. The van der Waals surface area contributed by atoms with Gasteiger partial charge in [-0.2, -0.15) is 13.2 Å². The van der Waals surface area contributed by atoms with E-state index in [9.17, 15) is 18.0 Å². The van der Waals surface area contributed by atoms with Gasteiger partial charge in [-0.3, -0.25) is 0 Å². The van der Waals surface area contributed by atoms with Crippen LogP contribution in [0.5, 0.6) is 0 Å². The van der Waals surface area contributed by atoms with Crippen LogP contribution in [0.15, 0.2) is 0 Å². The average molecular weight is 239 g/mol. The van der Waals surface area contributed by atoms with E-state index in [1.165, 1.54) is 6.92 Å². The molecule has 1 aromatic rings. The summed E-state index contributed by atoms with van der Waals surface area (Å²) in [4.78, 5) is 14.4. The number of aryl methyl sites for hydroxylation is 1. The molecule has 84 valence electrons. The Kier molecular flexibility index (Phi) is 3.33. The molecular formula is C8H8F3NO2S. The van der Waals surface area contributed by atoms with Crippen molar-refractivity contribution in [1.29, 1.82) is 0 Å². The molecule has 3 nitrogen and oxygen atoms in total. The monoisotopic (exact) mass is 239 g/mol. The third kappa shape index (κ3) is 2.68. The number of hydrogen-bond acceptors (Lipinski definition) is 4. The van der Waals surface area contributed by atoms with Crippen molar-refractivity contribution in [3.8, 4) is 0 Å². The molecule has 0 spiro atoms. The topological polar surface area (TPSA) is 39.2 Å². The second kappa shape index (κ2) is 4.18. The first-order valence-corrected chi connectivity index (χ1v) is 4.89. The van der Waals surface area contributed by atoms with Crippen molar-refractivity contribution in [2.24, 2.45) is 0 Å². The van der Waals surface area contributed by atoms with Crippen LogP contribution in [0.2, 0.25) is 0 Å². The van der Waals surface area contributed by atoms with Gasteiger partial charge in [0.25, 0.3) is 0 Å². The fraction of sp³-hybridized carbons (Fsp3) is 0.500. The van der Waals surface area contributed by atoms with Gasteiger partial charge in [0, 0.05) is 0 Å². The Morgan fingerprint density at radius 1 is 1.53 bits per heavy atom. The standard InChI is InChI=1S/C8H8F3NO2S/c1-3-14-6(13)5-4(2)12-7(15-5)8(9,10)11/h3H2,1-2H3. The van der Waals surface area contributed by atoms with Gasteiger partial charge in [-0.05, 0) is 13.8 Å². The van der Waals surface area contributed by atoms with Crippen LogP contribution in [0.4, 0.5) is 13.2 Å². The fourth-order valence-electron chi connectivity index (χ4n) is 0.904. The van der Waals surface area contributed by atoms with Crippen molar-refractivity contribution >= 4 is 17.3 Å². The van der Waals surface area contributed by atoms with E-state index in [-0.39, 0.29) is 17.2 Å². The summed E-state index contributed by atoms with van der Waals surface area (Å²) in [6.45, 7) is 3.05. The minimum Gasteiger partial charge on any atom is -0.462 e. The first-order chi connectivity index (χ1) is 6.86. The molecule has 1 rings (SSSR count). The molecule has 0 saturated carbocycles. The van der Waals surface area contributed by atoms with Gasteiger partial charge in [-0.15, -0.1) is 11.3 Å². The van der Waals surface area contributed by atoms with Gasteiger partial charge in [0.2, 0.25) is 0 Å². The van der Waals surface area contributed by atoms with E-state index in [1.54, 1.807) is 6.92 Å². The lowest BCUT2D eigenvalue weighted by molar-refractivity contribution is -0.137. The van der Waals surface area contributed by atoms with Crippen LogP contribution in [0.25, 0.3) is 0 Å². The van der Waals surface area contributed by atoms with E-state index in [1.807, 2.05) is 0 Å². The Labute approximate surface area is 87.9 Å². The van der Waals surface area contributed by atoms with E-state index in [2.05, 4.69) is 9.72 Å². The lowest BCUT2D eigenvalue weighted by Gasteiger charge is -1.99. The summed E-state index contributed by atoms with van der Waals surface area (Å²) in [5.41, 5.74) is 0.0470. The molecule has 7 heteroatoms. The predicted octanol–water partition coefficient (Wildman–Crippen LogP) is 2.65. The number of hydrogen-bond donors (Lipinski definition) is 0. The van der Waals surface area contributed by atoms with Crippen LogP contribution in [0.1, 0.15) is 27.3 Å². The lowest BCUT2D eigenvalue weighted by Crippen LogP contribution is -2.03. The van der Waals surface area contributed by atoms with E-state index in [0.717, 1.165) is 0 Å². The molecule has 0 radical (unpaired) electrons. The number of thiazole rings is 1. The van der Waals surface area contributed by atoms with Crippen LogP contribution in [-0.2, 0) is 10.9 Å². The van der Waals surface area contributed by atoms with E-state index in [4.69, 9.17) is 0 Å². The highest BCUT2D eigenvalue weighted by molar-refractivity contribution is 7.13. The molecule has 0 bridgehead atoms. The van der Waals surface area contributed by atoms with Gasteiger partial charge in [-0.25, -0.2) is 9.78 Å². The maximum absolute atomic E-state index is 12.2. The second-order valence-corrected chi connectivity index (χ2v) is 3.65. The van der Waals surface area contributed by atoms with E-state index < -0.39 is 17.2 Å². The number of aromatic nitrogens is 1. The molecule has 0 atom stereocenters. The highest BCUT2D eigenvalue weighted by Crippen LogP contribution is 2.34. The Hall–Kier alpha value is -1.11. The van der Waals surface area contributed by atoms with Gasteiger partial charge < -0.3 is 4.74 Å². The number of rotatable bonds is 2. The van der Waals surface area contributed by atoms with Crippen molar-refractivity contribution in [2.75, 3.05) is 6.61 Å². The van der Waals surface area contributed by atoms with Gasteiger partial charge in [-0.1, -0.05) is 0 Å². The van der Waals surface area contributed by atoms with E-state index in [0.29, 0.717) is 11.3 Å². The zero-order valence-corrected chi connectivity index (χ0v) is 8.83. The molecule has 0 unspecified atom stereocenters. The fourth-order valence-corrected chi connectivity index (χ4v) is 1.73. The zero-order valence-electron chi connectivity index (χ0n) is 8.01. The number of carbonyl (C=O) groups is 1. The quantitative estimate of drug-likeness (QED) is 0.745. The molecule has 0 aliphatic rings. The number of nitrogens with zero attached hydrogens (tertiary/aromatic N) is 1. The summed E-state index contributed by atoms with van der Waals surface area (Å²) >= 11 is 0.304. The highest BCUT2D eigenvalue weighted by atomic mass is 32.1. The van der Waals surface area contributed by atoms with Gasteiger partial charge in [0.05, 0.1) is 12.3 Å². The molecular weight excluding hydrogens is 231 g/mol. The van der Waals surface area contributed by atoms with Crippen LogP contribution in [0.3, 0.4) is 0 Å². The van der Waals surface area contributed by atoms with Gasteiger partial charge >= 0.3 is 12.1 Å². The minimum atomic E-state index is -4.51. The molecule has 0 aromatic carbocycles. The molecule has 0 N–H and O–H groups in total. The molecule has 15 heavy (non-hydrogen) atoms. The number of ether oxygens (including phenoxy) is 1. The van der Waals surface area contributed by atoms with Crippen molar-refractivity contribution in [3.05, 3.63) is 15.6 Å². The van der Waals surface area contributed by atoms with E-state index >= 15 is 0 Å². The number of alkyl halides is 3. The van der Waals surface area contributed by atoms with Crippen molar-refractivity contribution in [3.63, 3.8) is 0 Å². The summed E-state index contributed by atoms with van der Waals surface area (Å²) in [7, 11) is 0. The second-order valence-electron chi connectivity index (χ2n) is 2.65. The summed E-state index contributed by atoms with van der Waals surface area (Å²) in [6, 6.07) is 0. The normalized spacial score (nSPS) is 11.5. The van der Waals surface area contributed by atoms with Crippen molar-refractivity contribution < 1.29 is 22.7 Å². The molecule has 0 aliphatic carbocycles. The summed E-state index contributed by atoms with van der Waals surface area (Å²) in [6.07, 6.45) is -4.51. The third-order valence-corrected chi connectivity index (χ3v) is 2.68. The Balaban J connectivity index is 3.02. The lowest BCUT2D eigenvalue weighted by atomic mass is 10.4. The molecule has 1 aromatic heterocycles. The first kappa shape index (κ1) is 12.0. The summed E-state index contributed by atoms with van der Waals surface area (Å²) < 4.78 is 41.3. The highest BCUT2D eigenvalue weighted by Gasteiger charge is 2.36. The van der Waals surface area contributed by atoms with Gasteiger partial charge in [0.1, 0.15) is 4.88 Å². The van der Waals surface area contributed by atoms with Gasteiger partial charge in [0.15, 0.2) is 5.01 Å². The maximum atomic E-state index is 12.2. The minimum absolute atomic E-state index is 0.0470. The number of halogens is 3. The zero-order chi connectivity index (χ0) is 11.6. The summed E-state index contributed by atoms with van der Waals surface area (Å²) in [5.74, 6) is -0.761. The Morgan fingerprint density at radius 2 is 2.13 bits per heavy atom. The largest absolute Gasteiger partial charge is 0.462 e. The van der Waals surface area contributed by atoms with Crippen LogP contribution in [-0.4, -0.2) is 17.6 Å². The molecule has 0 aliphatic heterocycles. The molecule has 0 fully saturated rings. The molecule has 0 amide bonds. The Morgan fingerprint density at radius 3 is 2.53 bits per heavy atom. The Bertz CT molecular complexity index is 372. The SMILES string of the molecule is CCOC(=O)c1sc(C(F)(F)F)nc1C. The smallest absolute Gasteiger partial charge is 0.443 e.